The monoisotopic (exact) mass is 593 g/mol. The molecule has 1 fully saturated rings. The van der Waals surface area contributed by atoms with Crippen LogP contribution >= 0.6 is 11.6 Å². The Balaban J connectivity index is 0.000000493. The molecule has 5 rings (SSSR count). The zero-order valence-electron chi connectivity index (χ0n) is 21.4. The minimum Gasteiger partial charge on any atom is -0.475 e. The summed E-state index contributed by atoms with van der Waals surface area (Å²) in [5, 5.41) is 15.8. The fourth-order valence-electron chi connectivity index (χ4n) is 3.64. The van der Waals surface area contributed by atoms with Crippen LogP contribution in [0.25, 0.3) is 16.6 Å². The number of morpholine rings is 1. The molecule has 12 nitrogen and oxygen atoms in total. The molecular weight excluding hydrogens is 571 g/mol. The van der Waals surface area contributed by atoms with Crippen molar-refractivity contribution in [2.45, 2.75) is 13.1 Å². The summed E-state index contributed by atoms with van der Waals surface area (Å²) < 4.78 is 44.0. The molecule has 0 aliphatic carbocycles. The Kier molecular flexibility index (Phi) is 9.19. The normalized spacial score (nSPS) is 13.3. The van der Waals surface area contributed by atoms with Gasteiger partial charge >= 0.3 is 18.1 Å². The number of hydrogen-bond acceptors (Lipinski definition) is 10. The first-order valence-corrected chi connectivity index (χ1v) is 12.5. The Bertz CT molecular complexity index is 1530. The second-order valence-corrected chi connectivity index (χ2v) is 8.74. The lowest BCUT2D eigenvalue weighted by atomic mass is 10.1. The number of nitrogens with one attached hydrogen (secondary N) is 1. The highest BCUT2D eigenvalue weighted by Crippen LogP contribution is 2.27. The van der Waals surface area contributed by atoms with Crippen LogP contribution in [0.3, 0.4) is 0 Å². The quantitative estimate of drug-likeness (QED) is 0.309. The topological polar surface area (TPSA) is 145 Å². The Morgan fingerprint density at radius 2 is 1.80 bits per heavy atom. The van der Waals surface area contributed by atoms with Crippen molar-refractivity contribution in [3.63, 3.8) is 0 Å². The van der Waals surface area contributed by atoms with Gasteiger partial charge in [0.2, 0.25) is 11.9 Å². The van der Waals surface area contributed by atoms with Crippen LogP contribution in [0.2, 0.25) is 5.02 Å². The smallest absolute Gasteiger partial charge is 0.475 e. The number of carboxylic acids is 1. The molecule has 0 saturated carbocycles. The van der Waals surface area contributed by atoms with Crippen molar-refractivity contribution in [3.05, 3.63) is 59.5 Å². The molecule has 0 radical (unpaired) electrons. The van der Waals surface area contributed by atoms with Crippen LogP contribution in [0, 0.1) is 0 Å². The first kappa shape index (κ1) is 29.5. The largest absolute Gasteiger partial charge is 0.490 e. The number of carbonyl (C=O) groups is 2. The highest BCUT2D eigenvalue weighted by Gasteiger charge is 2.38. The lowest BCUT2D eigenvalue weighted by Crippen LogP contribution is -2.37. The van der Waals surface area contributed by atoms with Gasteiger partial charge in [0.15, 0.2) is 0 Å². The van der Waals surface area contributed by atoms with Gasteiger partial charge in [0.25, 0.3) is 0 Å². The molecule has 1 aliphatic rings. The summed E-state index contributed by atoms with van der Waals surface area (Å²) in [6.45, 7) is 4.90. The maximum absolute atomic E-state index is 12.4. The average molecular weight is 594 g/mol. The third-order valence-corrected chi connectivity index (χ3v) is 5.90. The highest BCUT2D eigenvalue weighted by atomic mass is 35.5. The lowest BCUT2D eigenvalue weighted by Gasteiger charge is -2.25. The molecule has 4 aromatic rings. The van der Waals surface area contributed by atoms with E-state index in [2.05, 4.69) is 30.3 Å². The molecule has 3 heterocycles. The molecule has 0 unspecified atom stereocenters. The molecular formula is C25H23ClF3N7O5. The van der Waals surface area contributed by atoms with Crippen LogP contribution < -0.4 is 10.2 Å². The number of rotatable bonds is 6. The van der Waals surface area contributed by atoms with Gasteiger partial charge in [-0.2, -0.15) is 18.2 Å². The maximum Gasteiger partial charge on any atom is 0.490 e. The van der Waals surface area contributed by atoms with E-state index < -0.39 is 18.1 Å². The summed E-state index contributed by atoms with van der Waals surface area (Å²) in [4.78, 5) is 36.7. The molecule has 0 spiro atoms. The molecule has 2 aromatic heterocycles. The Morgan fingerprint density at radius 1 is 1.12 bits per heavy atom. The number of alkyl halides is 3. The van der Waals surface area contributed by atoms with Crippen LogP contribution in [-0.2, 0) is 14.3 Å². The minimum absolute atomic E-state index is 0.226. The van der Waals surface area contributed by atoms with E-state index in [4.69, 9.17) is 31.0 Å². The van der Waals surface area contributed by atoms with Gasteiger partial charge in [-0.3, -0.25) is 0 Å². The molecule has 16 heteroatoms. The van der Waals surface area contributed by atoms with Gasteiger partial charge in [-0.25, -0.2) is 24.2 Å². The molecule has 216 valence electrons. The SMILES string of the molecule is CCOC(=O)c1c(Cl)ccc2cnc(Nc3ccc(-n4cnc(N5CCOCC5)n4)cc3)nc12.O=C(O)C(F)(F)F. The lowest BCUT2D eigenvalue weighted by molar-refractivity contribution is -0.192. The molecule has 2 N–H and O–H groups in total. The van der Waals surface area contributed by atoms with Gasteiger partial charge in [0, 0.05) is 30.4 Å². The third kappa shape index (κ3) is 7.37. The van der Waals surface area contributed by atoms with E-state index in [1.54, 1.807) is 36.3 Å². The van der Waals surface area contributed by atoms with E-state index in [9.17, 15) is 18.0 Å². The number of esters is 1. The van der Waals surface area contributed by atoms with Gasteiger partial charge in [-0.15, -0.1) is 5.10 Å². The number of benzene rings is 2. The Labute approximate surface area is 235 Å². The molecule has 41 heavy (non-hydrogen) atoms. The number of hydrogen-bond donors (Lipinski definition) is 2. The molecule has 0 amide bonds. The standard InChI is InChI=1S/C23H22ClN7O3.C2HF3O2/c1-2-34-21(32)19-18(24)8-3-15-13-25-22(28-20(15)19)27-16-4-6-17(7-5-16)31-14-26-23(29-31)30-9-11-33-12-10-30;3-2(4,5)1(6)7/h3-8,13-14H,2,9-12H2,1H3,(H,25,27,28);(H,6,7). The first-order chi connectivity index (χ1) is 19.6. The second kappa shape index (κ2) is 12.8. The molecule has 0 atom stereocenters. The van der Waals surface area contributed by atoms with Crippen molar-refractivity contribution in [3.8, 4) is 5.69 Å². The summed E-state index contributed by atoms with van der Waals surface area (Å²) >= 11 is 6.27. The summed E-state index contributed by atoms with van der Waals surface area (Å²) in [5.74, 6) is -2.25. The van der Waals surface area contributed by atoms with Crippen molar-refractivity contribution < 1.29 is 37.3 Å². The summed E-state index contributed by atoms with van der Waals surface area (Å²) in [5.41, 5.74) is 2.30. The minimum atomic E-state index is -5.08. The van der Waals surface area contributed by atoms with Gasteiger partial charge in [-0.05, 0) is 43.3 Å². The van der Waals surface area contributed by atoms with E-state index >= 15 is 0 Å². The van der Waals surface area contributed by atoms with Crippen LogP contribution in [0.4, 0.5) is 30.8 Å². The number of halogens is 4. The predicted molar refractivity (Wildman–Crippen MR) is 142 cm³/mol. The fraction of sp³-hybridized carbons (Fsp3) is 0.280. The van der Waals surface area contributed by atoms with Crippen LogP contribution in [0.1, 0.15) is 17.3 Å². The second-order valence-electron chi connectivity index (χ2n) is 8.34. The van der Waals surface area contributed by atoms with E-state index in [0.29, 0.717) is 36.0 Å². The molecule has 2 aromatic carbocycles. The predicted octanol–water partition coefficient (Wildman–Crippen LogP) is 4.25. The first-order valence-electron chi connectivity index (χ1n) is 12.1. The fourth-order valence-corrected chi connectivity index (χ4v) is 3.87. The Hall–Kier alpha value is -4.50. The van der Waals surface area contributed by atoms with Crippen molar-refractivity contribution in [1.29, 1.82) is 0 Å². The van der Waals surface area contributed by atoms with E-state index in [0.717, 1.165) is 24.5 Å². The van der Waals surface area contributed by atoms with Gasteiger partial charge in [0.1, 0.15) is 11.9 Å². The number of carbonyl (C=O) groups excluding carboxylic acids is 1. The number of fused-ring (bicyclic) bond motifs is 1. The maximum atomic E-state index is 12.4. The van der Waals surface area contributed by atoms with E-state index in [1.165, 1.54) is 0 Å². The zero-order valence-corrected chi connectivity index (χ0v) is 22.2. The summed E-state index contributed by atoms with van der Waals surface area (Å²) in [6, 6.07) is 11.0. The number of anilines is 3. The van der Waals surface area contributed by atoms with Crippen molar-refractivity contribution in [1.82, 2.24) is 24.7 Å². The summed E-state index contributed by atoms with van der Waals surface area (Å²) in [6.07, 6.45) is -1.75. The van der Waals surface area contributed by atoms with Gasteiger partial charge < -0.3 is 24.8 Å². The number of aromatic nitrogens is 5. The van der Waals surface area contributed by atoms with Crippen LogP contribution in [0.5, 0.6) is 0 Å². The van der Waals surface area contributed by atoms with E-state index in [1.807, 2.05) is 24.3 Å². The third-order valence-electron chi connectivity index (χ3n) is 5.59. The van der Waals surface area contributed by atoms with Gasteiger partial charge in [-0.1, -0.05) is 11.6 Å². The number of ether oxygens (including phenoxy) is 2. The number of carboxylic acid groups (broad SMARTS) is 1. The van der Waals surface area contributed by atoms with Crippen molar-refractivity contribution in [2.24, 2.45) is 0 Å². The zero-order chi connectivity index (χ0) is 29.6. The number of nitrogens with zero attached hydrogens (tertiary/aromatic N) is 6. The Morgan fingerprint density at radius 3 is 2.44 bits per heavy atom. The van der Waals surface area contributed by atoms with Crippen LogP contribution in [-0.4, -0.2) is 80.9 Å². The molecule has 1 aliphatic heterocycles. The van der Waals surface area contributed by atoms with Gasteiger partial charge in [0.05, 0.1) is 36.0 Å². The van der Waals surface area contributed by atoms with Crippen molar-refractivity contribution >= 4 is 52.0 Å². The molecule has 1 saturated heterocycles. The van der Waals surface area contributed by atoms with Crippen LogP contribution in [0.15, 0.2) is 48.9 Å². The average Bonchev–Trinajstić information content (AvgIpc) is 3.44. The number of aliphatic carboxylic acids is 1. The highest BCUT2D eigenvalue weighted by molar-refractivity contribution is 6.35. The van der Waals surface area contributed by atoms with Crippen molar-refractivity contribution in [2.75, 3.05) is 43.1 Å². The molecule has 0 bridgehead atoms. The van der Waals surface area contributed by atoms with E-state index in [-0.39, 0.29) is 17.2 Å². The summed E-state index contributed by atoms with van der Waals surface area (Å²) in [7, 11) is 0.